The number of nitrogens with zero attached hydrogens (tertiary/aromatic N) is 2. The number of aromatic nitrogens is 2. The van der Waals surface area contributed by atoms with Gasteiger partial charge < -0.3 is 10.6 Å². The maximum Gasteiger partial charge on any atom is 0.254 e. The van der Waals surface area contributed by atoms with E-state index < -0.39 is 0 Å². The van der Waals surface area contributed by atoms with Crippen LogP contribution in [0.4, 0.5) is 5.95 Å². The van der Waals surface area contributed by atoms with E-state index in [-0.39, 0.29) is 5.91 Å². The third kappa shape index (κ3) is 4.91. The van der Waals surface area contributed by atoms with E-state index in [0.29, 0.717) is 23.6 Å². The molecule has 2 fully saturated rings. The number of nitrogens with one attached hydrogen (secondary N) is 2. The molecule has 3 rings (SSSR count). The summed E-state index contributed by atoms with van der Waals surface area (Å²) in [6, 6.07) is 0.791. The molecule has 23 heavy (non-hydrogen) atoms. The number of amides is 1. The molecule has 0 radical (unpaired) electrons. The third-order valence-corrected chi connectivity index (χ3v) is 5.04. The van der Waals surface area contributed by atoms with Crippen LogP contribution in [0.5, 0.6) is 0 Å². The molecule has 1 aromatic rings. The van der Waals surface area contributed by atoms with Crippen molar-refractivity contribution >= 4 is 11.9 Å². The van der Waals surface area contributed by atoms with Gasteiger partial charge in [-0.25, -0.2) is 9.97 Å². The molecule has 5 nitrogen and oxygen atoms in total. The molecule has 0 aliphatic heterocycles. The van der Waals surface area contributed by atoms with Crippen LogP contribution in [-0.2, 0) is 0 Å². The summed E-state index contributed by atoms with van der Waals surface area (Å²) in [7, 11) is 0. The summed E-state index contributed by atoms with van der Waals surface area (Å²) in [5.41, 5.74) is 0.559. The van der Waals surface area contributed by atoms with Crippen LogP contribution in [0.25, 0.3) is 0 Å². The Labute approximate surface area is 138 Å². The van der Waals surface area contributed by atoms with Gasteiger partial charge in [0, 0.05) is 24.5 Å². The van der Waals surface area contributed by atoms with E-state index in [1.165, 1.54) is 57.8 Å². The summed E-state index contributed by atoms with van der Waals surface area (Å²) in [6.45, 7) is 0. The van der Waals surface area contributed by atoms with Gasteiger partial charge in [0.25, 0.3) is 5.91 Å². The number of carbonyl (C=O) groups excluding carboxylic acids is 1. The van der Waals surface area contributed by atoms with Crippen LogP contribution < -0.4 is 10.6 Å². The summed E-state index contributed by atoms with van der Waals surface area (Å²) in [5.74, 6) is 0.601. The number of anilines is 1. The zero-order chi connectivity index (χ0) is 15.9. The number of rotatable bonds is 4. The predicted molar refractivity (Wildman–Crippen MR) is 91.5 cm³/mol. The van der Waals surface area contributed by atoms with E-state index in [1.807, 2.05) is 0 Å². The molecule has 2 saturated carbocycles. The normalized spacial score (nSPS) is 20.7. The average molecular weight is 316 g/mol. The van der Waals surface area contributed by atoms with Crippen LogP contribution in [0, 0.1) is 0 Å². The van der Waals surface area contributed by atoms with E-state index in [1.54, 1.807) is 12.4 Å². The number of hydrogen-bond acceptors (Lipinski definition) is 4. The molecule has 0 bridgehead atoms. The summed E-state index contributed by atoms with van der Waals surface area (Å²) < 4.78 is 0. The zero-order valence-electron chi connectivity index (χ0n) is 13.9. The van der Waals surface area contributed by atoms with Crippen molar-refractivity contribution in [1.29, 1.82) is 0 Å². The van der Waals surface area contributed by atoms with Crippen molar-refractivity contribution in [1.82, 2.24) is 15.3 Å². The van der Waals surface area contributed by atoms with E-state index in [9.17, 15) is 4.79 Å². The molecule has 1 amide bonds. The smallest absolute Gasteiger partial charge is 0.254 e. The Kier molecular flexibility index (Phi) is 5.83. The van der Waals surface area contributed by atoms with Gasteiger partial charge in [-0.2, -0.15) is 0 Å². The Balaban J connectivity index is 1.52. The van der Waals surface area contributed by atoms with Gasteiger partial charge in [0.2, 0.25) is 5.95 Å². The van der Waals surface area contributed by atoms with Crippen molar-refractivity contribution < 1.29 is 4.79 Å². The molecule has 1 heterocycles. The average Bonchev–Trinajstić information content (AvgIpc) is 2.85. The first kappa shape index (κ1) is 16.2. The second-order valence-electron chi connectivity index (χ2n) is 6.94. The van der Waals surface area contributed by atoms with Gasteiger partial charge in [0.1, 0.15) is 0 Å². The zero-order valence-corrected chi connectivity index (χ0v) is 13.9. The lowest BCUT2D eigenvalue weighted by Crippen LogP contribution is -2.34. The highest BCUT2D eigenvalue weighted by atomic mass is 16.1. The summed E-state index contributed by atoms with van der Waals surface area (Å²) in [4.78, 5) is 21.0. The molecule has 0 unspecified atom stereocenters. The molecule has 126 valence electrons. The highest BCUT2D eigenvalue weighted by Crippen LogP contribution is 2.20. The second-order valence-corrected chi connectivity index (χ2v) is 6.94. The largest absolute Gasteiger partial charge is 0.351 e. The van der Waals surface area contributed by atoms with Crippen LogP contribution in [0.3, 0.4) is 0 Å². The SMILES string of the molecule is O=C(NC1CCCCCC1)c1cnc(NC2CCCCC2)nc1. The van der Waals surface area contributed by atoms with Crippen LogP contribution in [0.15, 0.2) is 12.4 Å². The molecule has 0 saturated heterocycles. The molecule has 2 aliphatic carbocycles. The molecule has 2 aliphatic rings. The Morgan fingerprint density at radius 3 is 1.96 bits per heavy atom. The van der Waals surface area contributed by atoms with E-state index >= 15 is 0 Å². The minimum Gasteiger partial charge on any atom is -0.351 e. The third-order valence-electron chi connectivity index (χ3n) is 5.04. The van der Waals surface area contributed by atoms with Crippen molar-refractivity contribution in [3.05, 3.63) is 18.0 Å². The molecule has 0 spiro atoms. The van der Waals surface area contributed by atoms with Crippen molar-refractivity contribution in [2.75, 3.05) is 5.32 Å². The molecule has 2 N–H and O–H groups in total. The lowest BCUT2D eigenvalue weighted by Gasteiger charge is -2.22. The minimum absolute atomic E-state index is 0.0406. The Bertz CT molecular complexity index is 488. The fraction of sp³-hybridized carbons (Fsp3) is 0.722. The van der Waals surface area contributed by atoms with Gasteiger partial charge in [0.15, 0.2) is 0 Å². The maximum atomic E-state index is 12.3. The van der Waals surface area contributed by atoms with Crippen molar-refractivity contribution in [3.8, 4) is 0 Å². The number of hydrogen-bond donors (Lipinski definition) is 2. The van der Waals surface area contributed by atoms with Crippen molar-refractivity contribution in [2.45, 2.75) is 82.7 Å². The minimum atomic E-state index is -0.0406. The van der Waals surface area contributed by atoms with Crippen LogP contribution in [0.2, 0.25) is 0 Å². The van der Waals surface area contributed by atoms with Gasteiger partial charge in [-0.1, -0.05) is 44.9 Å². The van der Waals surface area contributed by atoms with Gasteiger partial charge in [-0.05, 0) is 25.7 Å². The standard InChI is InChI=1S/C18H28N4O/c23-17(21-15-8-4-1-2-5-9-15)14-12-19-18(20-13-14)22-16-10-6-3-7-11-16/h12-13,15-16H,1-11H2,(H,21,23)(H,19,20,22). The summed E-state index contributed by atoms with van der Waals surface area (Å²) >= 11 is 0. The Hall–Kier alpha value is -1.65. The molecular formula is C18H28N4O. The van der Waals surface area contributed by atoms with Gasteiger partial charge >= 0.3 is 0 Å². The van der Waals surface area contributed by atoms with E-state index in [4.69, 9.17) is 0 Å². The van der Waals surface area contributed by atoms with Crippen LogP contribution in [-0.4, -0.2) is 28.0 Å². The monoisotopic (exact) mass is 316 g/mol. The van der Waals surface area contributed by atoms with Crippen molar-refractivity contribution in [3.63, 3.8) is 0 Å². The highest BCUT2D eigenvalue weighted by Gasteiger charge is 2.17. The fourth-order valence-electron chi connectivity index (χ4n) is 3.64. The Morgan fingerprint density at radius 1 is 0.826 bits per heavy atom. The first-order valence-electron chi connectivity index (χ1n) is 9.21. The molecular weight excluding hydrogens is 288 g/mol. The first-order valence-corrected chi connectivity index (χ1v) is 9.21. The summed E-state index contributed by atoms with van der Waals surface area (Å²) in [5, 5.41) is 6.52. The van der Waals surface area contributed by atoms with E-state index in [0.717, 1.165) is 12.8 Å². The van der Waals surface area contributed by atoms with E-state index in [2.05, 4.69) is 20.6 Å². The quantitative estimate of drug-likeness (QED) is 0.832. The predicted octanol–water partition coefficient (Wildman–Crippen LogP) is 3.67. The maximum absolute atomic E-state index is 12.3. The summed E-state index contributed by atoms with van der Waals surface area (Å²) in [6.07, 6.45) is 16.7. The first-order chi connectivity index (χ1) is 11.3. The lowest BCUT2D eigenvalue weighted by atomic mass is 9.96. The van der Waals surface area contributed by atoms with Gasteiger partial charge in [0.05, 0.1) is 5.56 Å². The molecule has 0 aromatic carbocycles. The Morgan fingerprint density at radius 2 is 1.35 bits per heavy atom. The second kappa shape index (κ2) is 8.27. The van der Waals surface area contributed by atoms with Crippen molar-refractivity contribution in [2.24, 2.45) is 0 Å². The molecule has 5 heteroatoms. The van der Waals surface area contributed by atoms with Crippen LogP contribution >= 0.6 is 0 Å². The topological polar surface area (TPSA) is 66.9 Å². The molecule has 1 aromatic heterocycles. The van der Waals surface area contributed by atoms with Crippen LogP contribution in [0.1, 0.15) is 81.0 Å². The molecule has 0 atom stereocenters. The highest BCUT2D eigenvalue weighted by molar-refractivity contribution is 5.93. The van der Waals surface area contributed by atoms with Gasteiger partial charge in [-0.15, -0.1) is 0 Å². The fourth-order valence-corrected chi connectivity index (χ4v) is 3.64. The number of carbonyl (C=O) groups is 1. The van der Waals surface area contributed by atoms with Gasteiger partial charge in [-0.3, -0.25) is 4.79 Å². The lowest BCUT2D eigenvalue weighted by molar-refractivity contribution is 0.0932.